The number of thioether (sulfide) groups is 1. The molecule has 0 bridgehead atoms. The van der Waals surface area contributed by atoms with E-state index < -0.39 is 0 Å². The van der Waals surface area contributed by atoms with Crippen LogP contribution in [0, 0.1) is 12.8 Å². The third kappa shape index (κ3) is 3.25. The van der Waals surface area contributed by atoms with Crippen LogP contribution in [0.5, 0.6) is 0 Å². The Morgan fingerprint density at radius 2 is 2.00 bits per heavy atom. The highest BCUT2D eigenvalue weighted by atomic mass is 32.2. The predicted molar refractivity (Wildman–Crippen MR) is 65.4 cm³/mol. The maximum Gasteiger partial charge on any atom is 0.0468 e. The van der Waals surface area contributed by atoms with Gasteiger partial charge in [0.25, 0.3) is 0 Å². The van der Waals surface area contributed by atoms with E-state index >= 15 is 0 Å². The summed E-state index contributed by atoms with van der Waals surface area (Å²) in [5.41, 5.74) is 1.40. The summed E-state index contributed by atoms with van der Waals surface area (Å²) >= 11 is 2.00. The van der Waals surface area contributed by atoms with Gasteiger partial charge in [0.05, 0.1) is 0 Å². The summed E-state index contributed by atoms with van der Waals surface area (Å²) in [5.74, 6) is 2.09. The quantitative estimate of drug-likeness (QED) is 0.724. The van der Waals surface area contributed by atoms with E-state index in [0.717, 1.165) is 19.1 Å². The Hall–Kier alpha value is -0.470. The lowest BCUT2D eigenvalue weighted by Gasteiger charge is -2.21. The van der Waals surface area contributed by atoms with Gasteiger partial charge in [-0.05, 0) is 37.3 Å². The molecule has 0 atom stereocenters. The molecule has 2 heteroatoms. The van der Waals surface area contributed by atoms with Crippen molar-refractivity contribution in [3.8, 4) is 0 Å². The third-order valence-electron chi connectivity index (χ3n) is 2.91. The second kappa shape index (κ2) is 5.57. The lowest BCUT2D eigenvalue weighted by Crippen LogP contribution is -2.17. The van der Waals surface area contributed by atoms with Crippen LogP contribution in [0.15, 0.2) is 29.2 Å². The Bertz CT molecular complexity index is 305. The molecule has 1 aliphatic heterocycles. The second-order valence-corrected chi connectivity index (χ2v) is 5.19. The van der Waals surface area contributed by atoms with E-state index in [4.69, 9.17) is 4.74 Å². The minimum atomic E-state index is 0.850. The molecule has 1 aromatic rings. The van der Waals surface area contributed by atoms with Crippen LogP contribution < -0.4 is 0 Å². The average molecular weight is 222 g/mol. The number of hydrogen-bond donors (Lipinski definition) is 0. The lowest BCUT2D eigenvalue weighted by molar-refractivity contribution is 0.0728. The molecule has 1 aromatic carbocycles. The van der Waals surface area contributed by atoms with Gasteiger partial charge in [0, 0.05) is 23.9 Å². The number of ether oxygens (including phenoxy) is 1. The molecule has 0 radical (unpaired) electrons. The van der Waals surface area contributed by atoms with Crippen molar-refractivity contribution in [3.63, 3.8) is 0 Å². The fraction of sp³-hybridized carbons (Fsp3) is 0.538. The van der Waals surface area contributed by atoms with Crippen molar-refractivity contribution < 1.29 is 4.74 Å². The van der Waals surface area contributed by atoms with Crippen molar-refractivity contribution in [1.82, 2.24) is 0 Å². The van der Waals surface area contributed by atoms with Gasteiger partial charge < -0.3 is 4.74 Å². The first kappa shape index (κ1) is 11.0. The van der Waals surface area contributed by atoms with Gasteiger partial charge in [0.15, 0.2) is 0 Å². The standard InChI is InChI=1S/C13H18OS/c1-11-4-2-3-5-13(11)15-10-12-6-8-14-9-7-12/h2-5,12H,6-10H2,1H3. The zero-order chi connectivity index (χ0) is 10.5. The average Bonchev–Trinajstić information content (AvgIpc) is 2.29. The molecule has 0 aliphatic carbocycles. The van der Waals surface area contributed by atoms with Crippen molar-refractivity contribution in [2.45, 2.75) is 24.7 Å². The van der Waals surface area contributed by atoms with Gasteiger partial charge in [0.1, 0.15) is 0 Å². The SMILES string of the molecule is Cc1ccccc1SCC1CCOCC1. The van der Waals surface area contributed by atoms with E-state index in [1.165, 1.54) is 29.1 Å². The van der Waals surface area contributed by atoms with Gasteiger partial charge in [0.2, 0.25) is 0 Å². The molecule has 0 saturated carbocycles. The fourth-order valence-corrected chi connectivity index (χ4v) is 3.06. The molecule has 0 amide bonds. The molecule has 0 N–H and O–H groups in total. The summed E-state index contributed by atoms with van der Waals surface area (Å²) in [6.07, 6.45) is 2.47. The van der Waals surface area contributed by atoms with E-state index in [2.05, 4.69) is 31.2 Å². The van der Waals surface area contributed by atoms with Gasteiger partial charge in [-0.1, -0.05) is 18.2 Å². The van der Waals surface area contributed by atoms with Gasteiger partial charge in [-0.3, -0.25) is 0 Å². The van der Waals surface area contributed by atoms with E-state index in [0.29, 0.717) is 0 Å². The molecular weight excluding hydrogens is 204 g/mol. The van der Waals surface area contributed by atoms with Gasteiger partial charge in [-0.25, -0.2) is 0 Å². The molecule has 0 spiro atoms. The van der Waals surface area contributed by atoms with Crippen molar-refractivity contribution in [3.05, 3.63) is 29.8 Å². The Kier molecular flexibility index (Phi) is 4.09. The van der Waals surface area contributed by atoms with Crippen LogP contribution >= 0.6 is 11.8 Å². The smallest absolute Gasteiger partial charge is 0.0468 e. The summed E-state index contributed by atoms with van der Waals surface area (Å²) in [5, 5.41) is 0. The first-order valence-corrected chi connectivity index (χ1v) is 6.61. The zero-order valence-electron chi connectivity index (χ0n) is 9.24. The topological polar surface area (TPSA) is 9.23 Å². The van der Waals surface area contributed by atoms with Crippen molar-refractivity contribution in [2.75, 3.05) is 19.0 Å². The third-order valence-corrected chi connectivity index (χ3v) is 4.32. The summed E-state index contributed by atoms with van der Waals surface area (Å²) in [4.78, 5) is 1.43. The number of rotatable bonds is 3. The van der Waals surface area contributed by atoms with E-state index in [1.54, 1.807) is 0 Å². The molecule has 1 aliphatic rings. The van der Waals surface area contributed by atoms with Crippen molar-refractivity contribution >= 4 is 11.8 Å². The van der Waals surface area contributed by atoms with E-state index in [9.17, 15) is 0 Å². The number of aryl methyl sites for hydroxylation is 1. The highest BCUT2D eigenvalue weighted by Crippen LogP contribution is 2.27. The predicted octanol–water partition coefficient (Wildman–Crippen LogP) is 3.51. The maximum atomic E-state index is 5.37. The van der Waals surface area contributed by atoms with Crippen LogP contribution in [0.4, 0.5) is 0 Å². The van der Waals surface area contributed by atoms with Crippen LogP contribution in [0.3, 0.4) is 0 Å². The fourth-order valence-electron chi connectivity index (χ4n) is 1.84. The molecule has 2 rings (SSSR count). The van der Waals surface area contributed by atoms with Crippen LogP contribution in [0.2, 0.25) is 0 Å². The summed E-state index contributed by atoms with van der Waals surface area (Å²) in [6.45, 7) is 4.10. The van der Waals surface area contributed by atoms with Gasteiger partial charge in [-0.2, -0.15) is 0 Å². The number of benzene rings is 1. The summed E-state index contributed by atoms with van der Waals surface area (Å²) in [6, 6.07) is 8.64. The van der Waals surface area contributed by atoms with Crippen molar-refractivity contribution in [2.24, 2.45) is 5.92 Å². The highest BCUT2D eigenvalue weighted by molar-refractivity contribution is 7.99. The molecule has 15 heavy (non-hydrogen) atoms. The molecule has 1 nitrogen and oxygen atoms in total. The van der Waals surface area contributed by atoms with Crippen molar-refractivity contribution in [1.29, 1.82) is 0 Å². The highest BCUT2D eigenvalue weighted by Gasteiger charge is 2.14. The summed E-state index contributed by atoms with van der Waals surface area (Å²) < 4.78 is 5.37. The minimum absolute atomic E-state index is 0.850. The van der Waals surface area contributed by atoms with Crippen LogP contribution in [-0.2, 0) is 4.74 Å². The Balaban J connectivity index is 1.84. The Morgan fingerprint density at radius 1 is 1.27 bits per heavy atom. The van der Waals surface area contributed by atoms with Crippen LogP contribution in [0.25, 0.3) is 0 Å². The molecule has 0 unspecified atom stereocenters. The maximum absolute atomic E-state index is 5.37. The molecule has 1 saturated heterocycles. The largest absolute Gasteiger partial charge is 0.381 e. The molecule has 82 valence electrons. The number of hydrogen-bond acceptors (Lipinski definition) is 2. The Labute approximate surface area is 96.2 Å². The molecule has 1 heterocycles. The van der Waals surface area contributed by atoms with Crippen LogP contribution in [-0.4, -0.2) is 19.0 Å². The first-order chi connectivity index (χ1) is 7.36. The summed E-state index contributed by atoms with van der Waals surface area (Å²) in [7, 11) is 0. The monoisotopic (exact) mass is 222 g/mol. The molecule has 0 aromatic heterocycles. The Morgan fingerprint density at radius 3 is 2.73 bits per heavy atom. The first-order valence-electron chi connectivity index (χ1n) is 5.62. The van der Waals surface area contributed by atoms with E-state index in [-0.39, 0.29) is 0 Å². The lowest BCUT2D eigenvalue weighted by atomic mass is 10.0. The van der Waals surface area contributed by atoms with Gasteiger partial charge >= 0.3 is 0 Å². The normalized spacial score (nSPS) is 17.9. The van der Waals surface area contributed by atoms with Crippen LogP contribution in [0.1, 0.15) is 18.4 Å². The molecule has 1 fully saturated rings. The second-order valence-electron chi connectivity index (χ2n) is 4.13. The molecular formula is C13H18OS. The zero-order valence-corrected chi connectivity index (χ0v) is 10.1. The minimum Gasteiger partial charge on any atom is -0.381 e. The van der Waals surface area contributed by atoms with Gasteiger partial charge in [-0.15, -0.1) is 11.8 Å². The van der Waals surface area contributed by atoms with E-state index in [1.807, 2.05) is 11.8 Å².